The monoisotopic (exact) mass is 506 g/mol. The Balaban J connectivity index is 1.29. The lowest BCUT2D eigenvalue weighted by Gasteiger charge is -2.12. The van der Waals surface area contributed by atoms with Crippen LogP contribution >= 0.6 is 0 Å². The topological polar surface area (TPSA) is 132 Å². The Kier molecular flexibility index (Phi) is 7.63. The summed E-state index contributed by atoms with van der Waals surface area (Å²) in [5.41, 5.74) is 1.48. The summed E-state index contributed by atoms with van der Waals surface area (Å²) in [6.07, 6.45) is 2.24. The number of carbonyl (C=O) groups excluding carboxylic acids is 2. The molecule has 3 amide bonds. The van der Waals surface area contributed by atoms with Crippen LogP contribution in [0, 0.1) is 4.91 Å². The van der Waals surface area contributed by atoms with Gasteiger partial charge in [-0.15, -0.1) is 0 Å². The summed E-state index contributed by atoms with van der Waals surface area (Å²) < 4.78 is 6.25. The van der Waals surface area contributed by atoms with Crippen LogP contribution in [-0.4, -0.2) is 57.4 Å². The maximum atomic E-state index is 12.6. The highest BCUT2D eigenvalue weighted by Gasteiger charge is 2.35. The number of anilines is 3. The number of likely N-dealkylation sites (tertiary alicyclic amines) is 1. The first-order valence-electron chi connectivity index (χ1n) is 12.2. The van der Waals surface area contributed by atoms with Crippen LogP contribution in [0.1, 0.15) is 50.4 Å². The van der Waals surface area contributed by atoms with Gasteiger partial charge in [-0.1, -0.05) is 32.9 Å². The molecular weight excluding hydrogens is 474 g/mol. The van der Waals surface area contributed by atoms with Crippen LogP contribution < -0.4 is 16.0 Å². The zero-order valence-electron chi connectivity index (χ0n) is 21.4. The maximum Gasteiger partial charge on any atom is 0.324 e. The van der Waals surface area contributed by atoms with E-state index in [0.717, 1.165) is 30.8 Å². The standard InChI is InChI=1S/C26H31N7O4/c1-5-32-13-12-20(16-32)33(36)19-10-11-21(27-15-19)24(34)28-17-6-8-18(9-7-17)29-25(35)30-23-14-22(37-31-23)26(2,3)4/h6-11,14-15,20H,5,12-13,16H2,1-4H3,(H2-,27,28,29,30,31,34,35,36)/p+1. The second-order valence-electron chi connectivity index (χ2n) is 10.0. The fourth-order valence-corrected chi connectivity index (χ4v) is 3.95. The number of aromatic nitrogens is 2. The van der Waals surface area contributed by atoms with Gasteiger partial charge in [0.25, 0.3) is 11.6 Å². The van der Waals surface area contributed by atoms with Gasteiger partial charge in [-0.3, -0.25) is 15.0 Å². The van der Waals surface area contributed by atoms with Crippen molar-refractivity contribution in [3.63, 3.8) is 0 Å². The van der Waals surface area contributed by atoms with Gasteiger partial charge in [0.2, 0.25) is 6.04 Å². The molecule has 0 radical (unpaired) electrons. The lowest BCUT2D eigenvalue weighted by molar-refractivity contribution is -0.502. The van der Waals surface area contributed by atoms with E-state index in [2.05, 4.69) is 37.9 Å². The minimum Gasteiger partial charge on any atom is -0.359 e. The van der Waals surface area contributed by atoms with Crippen LogP contribution in [-0.2, 0) is 5.41 Å². The predicted molar refractivity (Wildman–Crippen MR) is 140 cm³/mol. The number of benzene rings is 1. The summed E-state index contributed by atoms with van der Waals surface area (Å²) in [6.45, 7) is 10.6. The van der Waals surface area contributed by atoms with Gasteiger partial charge in [0.05, 0.1) is 6.54 Å². The SMILES string of the molecule is CCN1CCC([N+](=O)c2ccc(C(=O)Nc3ccc(NC(=O)Nc4cc(C(C)(C)C)on4)cc3)nc2)C1. The lowest BCUT2D eigenvalue weighted by atomic mass is 9.93. The molecule has 2 aromatic heterocycles. The van der Waals surface area contributed by atoms with Gasteiger partial charge >= 0.3 is 6.03 Å². The summed E-state index contributed by atoms with van der Waals surface area (Å²) >= 11 is 0. The van der Waals surface area contributed by atoms with Crippen molar-refractivity contribution in [3.05, 3.63) is 65.0 Å². The van der Waals surface area contributed by atoms with E-state index in [1.54, 1.807) is 36.4 Å². The van der Waals surface area contributed by atoms with Crippen molar-refractivity contribution in [1.82, 2.24) is 15.0 Å². The Labute approximate surface area is 215 Å². The molecule has 0 bridgehead atoms. The summed E-state index contributed by atoms with van der Waals surface area (Å²) in [5.74, 6) is 0.576. The van der Waals surface area contributed by atoms with Crippen LogP contribution in [0.3, 0.4) is 0 Å². The van der Waals surface area contributed by atoms with E-state index in [9.17, 15) is 14.5 Å². The second kappa shape index (κ2) is 10.9. The van der Waals surface area contributed by atoms with Crippen LogP contribution in [0.15, 0.2) is 53.2 Å². The second-order valence-corrected chi connectivity index (χ2v) is 10.0. The van der Waals surface area contributed by atoms with Gasteiger partial charge in [0, 0.05) is 51.6 Å². The highest BCUT2D eigenvalue weighted by molar-refractivity contribution is 6.03. The molecule has 194 valence electrons. The summed E-state index contributed by atoms with van der Waals surface area (Å²) in [5, 5.41) is 11.9. The van der Waals surface area contributed by atoms with Crippen molar-refractivity contribution in [3.8, 4) is 0 Å². The molecule has 1 aromatic carbocycles. The molecule has 0 aliphatic carbocycles. The van der Waals surface area contributed by atoms with E-state index in [1.807, 2.05) is 20.8 Å². The molecule has 1 atom stereocenters. The van der Waals surface area contributed by atoms with Crippen molar-refractivity contribution in [2.75, 3.05) is 35.6 Å². The predicted octanol–water partition coefficient (Wildman–Crippen LogP) is 4.77. The van der Waals surface area contributed by atoms with Crippen molar-refractivity contribution in [2.24, 2.45) is 0 Å². The number of hydrogen-bond donors (Lipinski definition) is 3. The van der Waals surface area contributed by atoms with E-state index in [-0.39, 0.29) is 17.2 Å². The van der Waals surface area contributed by atoms with Gasteiger partial charge in [-0.05, 0) is 36.9 Å². The van der Waals surface area contributed by atoms with Crippen molar-refractivity contribution in [1.29, 1.82) is 0 Å². The quantitative estimate of drug-likeness (QED) is 0.393. The van der Waals surface area contributed by atoms with Crippen molar-refractivity contribution < 1.29 is 18.9 Å². The maximum absolute atomic E-state index is 12.6. The lowest BCUT2D eigenvalue weighted by Crippen LogP contribution is -2.26. The summed E-state index contributed by atoms with van der Waals surface area (Å²) in [4.78, 5) is 43.9. The number of nitroso groups, excluding NO2 is 1. The number of nitrogens with one attached hydrogen (secondary N) is 3. The van der Waals surface area contributed by atoms with E-state index in [4.69, 9.17) is 4.52 Å². The van der Waals surface area contributed by atoms with E-state index >= 15 is 0 Å². The highest BCUT2D eigenvalue weighted by atomic mass is 16.5. The van der Waals surface area contributed by atoms with Crippen LogP contribution in [0.2, 0.25) is 0 Å². The zero-order chi connectivity index (χ0) is 26.6. The smallest absolute Gasteiger partial charge is 0.324 e. The number of carbonyl (C=O) groups is 2. The largest absolute Gasteiger partial charge is 0.359 e. The number of likely N-dealkylation sites (N-methyl/N-ethyl adjacent to an activating group) is 1. The molecule has 0 spiro atoms. The molecule has 11 heteroatoms. The minimum absolute atomic E-state index is 0.104. The number of pyridine rings is 1. The van der Waals surface area contributed by atoms with E-state index in [0.29, 0.717) is 28.6 Å². The molecule has 37 heavy (non-hydrogen) atoms. The average Bonchev–Trinajstić information content (AvgIpc) is 3.55. The number of amides is 3. The fraction of sp³-hybridized carbons (Fsp3) is 0.385. The first kappa shape index (κ1) is 26.0. The van der Waals surface area contributed by atoms with Gasteiger partial charge in [-0.2, -0.15) is 0 Å². The molecule has 3 heterocycles. The Morgan fingerprint density at radius 2 is 1.78 bits per heavy atom. The van der Waals surface area contributed by atoms with Crippen molar-refractivity contribution >= 4 is 34.8 Å². The van der Waals surface area contributed by atoms with E-state index < -0.39 is 11.9 Å². The third kappa shape index (κ3) is 6.56. The normalized spacial score (nSPS) is 15.8. The Hall–Kier alpha value is -4.12. The highest BCUT2D eigenvalue weighted by Crippen LogP contribution is 2.25. The van der Waals surface area contributed by atoms with Gasteiger partial charge in [0.1, 0.15) is 17.7 Å². The first-order valence-corrected chi connectivity index (χ1v) is 12.2. The zero-order valence-corrected chi connectivity index (χ0v) is 21.4. The molecule has 1 fully saturated rings. The Morgan fingerprint density at radius 1 is 1.08 bits per heavy atom. The van der Waals surface area contributed by atoms with Gasteiger partial charge < -0.3 is 15.2 Å². The minimum atomic E-state index is -0.470. The number of urea groups is 1. The molecule has 11 nitrogen and oxygen atoms in total. The molecule has 1 aliphatic heterocycles. The average molecular weight is 507 g/mol. The van der Waals surface area contributed by atoms with Crippen LogP contribution in [0.5, 0.6) is 0 Å². The summed E-state index contributed by atoms with van der Waals surface area (Å²) in [7, 11) is 0. The Bertz CT molecular complexity index is 1260. The van der Waals surface area contributed by atoms with Crippen molar-refractivity contribution in [2.45, 2.75) is 45.6 Å². The molecule has 3 aromatic rings. The Morgan fingerprint density at radius 3 is 2.35 bits per heavy atom. The molecule has 1 saturated heterocycles. The third-order valence-electron chi connectivity index (χ3n) is 6.15. The fourth-order valence-electron chi connectivity index (χ4n) is 3.95. The van der Waals surface area contributed by atoms with Gasteiger partial charge in [0.15, 0.2) is 5.82 Å². The third-order valence-corrected chi connectivity index (χ3v) is 6.15. The first-order chi connectivity index (χ1) is 17.6. The molecule has 1 unspecified atom stereocenters. The molecular formula is C26H32N7O4+. The number of hydrogen-bond acceptors (Lipinski definition) is 7. The van der Waals surface area contributed by atoms with Crippen LogP contribution in [0.25, 0.3) is 0 Å². The number of nitrogens with zero attached hydrogens (tertiary/aromatic N) is 4. The number of rotatable bonds is 7. The molecule has 1 aliphatic rings. The van der Waals surface area contributed by atoms with Gasteiger partial charge in [-0.25, -0.2) is 9.78 Å². The van der Waals surface area contributed by atoms with Crippen LogP contribution in [0.4, 0.5) is 27.7 Å². The van der Waals surface area contributed by atoms with E-state index in [1.165, 1.54) is 12.3 Å². The molecule has 4 rings (SSSR count). The molecule has 0 saturated carbocycles. The summed E-state index contributed by atoms with van der Waals surface area (Å²) in [6, 6.07) is 10.9. The molecule has 3 N–H and O–H groups in total.